The third kappa shape index (κ3) is 3.31. The summed E-state index contributed by atoms with van der Waals surface area (Å²) in [5, 5.41) is 0.823. The van der Waals surface area contributed by atoms with Gasteiger partial charge in [-0.25, -0.2) is 9.97 Å². The van der Waals surface area contributed by atoms with Crippen molar-refractivity contribution >= 4 is 16.7 Å². The smallest absolute Gasteiger partial charge is 0.251 e. The van der Waals surface area contributed by atoms with Gasteiger partial charge in [0.2, 0.25) is 0 Å². The molecule has 0 saturated carbocycles. The summed E-state index contributed by atoms with van der Waals surface area (Å²) >= 11 is 0. The van der Waals surface area contributed by atoms with Crippen LogP contribution in [0.1, 0.15) is 31.9 Å². The summed E-state index contributed by atoms with van der Waals surface area (Å²) in [6.07, 6.45) is 2.65. The Kier molecular flexibility index (Phi) is 4.39. The van der Waals surface area contributed by atoms with Crippen molar-refractivity contribution < 1.29 is 0 Å². The summed E-state index contributed by atoms with van der Waals surface area (Å²) in [6.45, 7) is 8.65. The van der Waals surface area contributed by atoms with Gasteiger partial charge in [0.1, 0.15) is 12.1 Å². The molecule has 2 bridgehead atoms. The fourth-order valence-corrected chi connectivity index (χ4v) is 5.15. The number of hydrogen-bond acceptors (Lipinski definition) is 5. The van der Waals surface area contributed by atoms with Gasteiger partial charge < -0.3 is 15.2 Å². The van der Waals surface area contributed by atoms with E-state index < -0.39 is 0 Å². The van der Waals surface area contributed by atoms with Gasteiger partial charge in [-0.05, 0) is 47.6 Å². The molecule has 1 saturated heterocycles. The van der Waals surface area contributed by atoms with E-state index in [1.54, 1.807) is 6.07 Å². The number of rotatable bonds is 3. The van der Waals surface area contributed by atoms with Crippen LogP contribution in [-0.2, 0) is 6.54 Å². The molecule has 0 radical (unpaired) electrons. The first-order chi connectivity index (χ1) is 14.0. The predicted octanol–water partition coefficient (Wildman–Crippen LogP) is 3.12. The summed E-state index contributed by atoms with van der Waals surface area (Å²) in [7, 11) is 0. The lowest BCUT2D eigenvalue weighted by atomic mass is 9.82. The molecule has 29 heavy (non-hydrogen) atoms. The quantitative estimate of drug-likeness (QED) is 0.745. The van der Waals surface area contributed by atoms with E-state index in [1.807, 2.05) is 22.8 Å². The number of nitrogens with zero attached hydrogens (tertiary/aromatic N) is 4. The van der Waals surface area contributed by atoms with Gasteiger partial charge in [-0.2, -0.15) is 0 Å². The second-order valence-electron chi connectivity index (χ2n) is 9.02. The van der Waals surface area contributed by atoms with Gasteiger partial charge in [-0.1, -0.05) is 19.9 Å². The highest BCUT2D eigenvalue weighted by atomic mass is 16.1. The Bertz CT molecular complexity index is 1140. The number of aromatic nitrogens is 3. The first-order valence-electron chi connectivity index (χ1n) is 10.5. The third-order valence-electron chi connectivity index (χ3n) is 6.25. The van der Waals surface area contributed by atoms with Crippen LogP contribution in [0.4, 0.5) is 5.82 Å². The minimum atomic E-state index is 0.0990. The first kappa shape index (κ1) is 18.3. The number of hydrogen-bond donors (Lipinski definition) is 1. The van der Waals surface area contributed by atoms with Crippen molar-refractivity contribution in [1.29, 1.82) is 0 Å². The maximum Gasteiger partial charge on any atom is 0.251 e. The molecule has 1 aromatic carbocycles. The minimum Gasteiger partial charge on any atom is -0.383 e. The van der Waals surface area contributed by atoms with Crippen molar-refractivity contribution in [2.24, 2.45) is 11.8 Å². The second-order valence-corrected chi connectivity index (χ2v) is 9.02. The van der Waals surface area contributed by atoms with Gasteiger partial charge in [-0.15, -0.1) is 0 Å². The molecule has 2 aliphatic rings. The van der Waals surface area contributed by atoms with Crippen molar-refractivity contribution in [1.82, 2.24) is 19.4 Å². The molecule has 1 fully saturated rings. The number of nitrogen functional groups attached to an aromatic ring is 1. The Balaban J connectivity index is 1.56. The molecular weight excluding hydrogens is 362 g/mol. The van der Waals surface area contributed by atoms with Gasteiger partial charge in [0, 0.05) is 49.2 Å². The lowest BCUT2D eigenvalue weighted by Crippen LogP contribution is -2.48. The Morgan fingerprint density at radius 2 is 1.97 bits per heavy atom. The Hall–Kier alpha value is -2.73. The van der Waals surface area contributed by atoms with Crippen molar-refractivity contribution in [2.45, 2.75) is 32.7 Å². The van der Waals surface area contributed by atoms with Crippen LogP contribution in [0.15, 0.2) is 41.5 Å². The van der Waals surface area contributed by atoms with E-state index >= 15 is 0 Å². The zero-order chi connectivity index (χ0) is 20.1. The maximum absolute atomic E-state index is 13.0. The van der Waals surface area contributed by atoms with Crippen LogP contribution in [0.25, 0.3) is 22.0 Å². The van der Waals surface area contributed by atoms with E-state index in [0.717, 1.165) is 48.2 Å². The number of likely N-dealkylation sites (tertiary alicyclic amines) is 1. The first-order valence-corrected chi connectivity index (χ1v) is 10.5. The van der Waals surface area contributed by atoms with E-state index in [9.17, 15) is 4.79 Å². The Morgan fingerprint density at radius 1 is 1.10 bits per heavy atom. The third-order valence-corrected chi connectivity index (χ3v) is 6.25. The van der Waals surface area contributed by atoms with Crippen molar-refractivity contribution in [2.75, 3.05) is 25.4 Å². The molecule has 0 aliphatic carbocycles. The molecule has 6 heteroatoms. The second kappa shape index (κ2) is 6.95. The van der Waals surface area contributed by atoms with E-state index in [-0.39, 0.29) is 5.56 Å². The standard InChI is InChI=1S/C23H27N5O/c1-14(2)9-27-10-15-5-18(12-27)21-7-17(8-22(29)28(21)11-15)16-3-4-20-19(6-16)23(24)26-13-25-20/h3-4,6-8,13-15,18H,5,9-12H2,1-2H3,(H2,24,25,26)/t15-,18+/m0/s1. The molecule has 2 aliphatic heterocycles. The zero-order valence-electron chi connectivity index (χ0n) is 17.0. The average Bonchev–Trinajstić information content (AvgIpc) is 2.68. The molecule has 0 amide bonds. The molecule has 0 spiro atoms. The molecule has 2 N–H and O–H groups in total. The molecule has 150 valence electrons. The summed E-state index contributed by atoms with van der Waals surface area (Å²) in [6, 6.07) is 9.92. The van der Waals surface area contributed by atoms with Crippen LogP contribution in [0.3, 0.4) is 0 Å². The molecule has 6 nitrogen and oxygen atoms in total. The summed E-state index contributed by atoms with van der Waals surface area (Å²) < 4.78 is 2.01. The average molecular weight is 390 g/mol. The van der Waals surface area contributed by atoms with Crippen LogP contribution in [0.2, 0.25) is 0 Å². The SMILES string of the molecule is CC(C)CN1C[C@@H]2C[C@H](C1)c1cc(-c3ccc4ncnc(N)c4c3)cc(=O)n1C2. The van der Waals surface area contributed by atoms with Crippen molar-refractivity contribution in [3.05, 3.63) is 52.7 Å². The van der Waals surface area contributed by atoms with Gasteiger partial charge in [0.25, 0.3) is 5.56 Å². The molecule has 2 aromatic heterocycles. The van der Waals surface area contributed by atoms with E-state index in [4.69, 9.17) is 5.73 Å². The Labute approximate surface area is 170 Å². The summed E-state index contributed by atoms with van der Waals surface area (Å²) in [5.74, 6) is 2.11. The van der Waals surface area contributed by atoms with Gasteiger partial charge in [-0.3, -0.25) is 4.79 Å². The van der Waals surface area contributed by atoms with Crippen LogP contribution in [0, 0.1) is 11.8 Å². The molecular formula is C23H27N5O. The minimum absolute atomic E-state index is 0.0990. The fourth-order valence-electron chi connectivity index (χ4n) is 5.15. The molecule has 3 aromatic rings. The number of piperidine rings is 1. The molecule has 0 unspecified atom stereocenters. The summed E-state index contributed by atoms with van der Waals surface area (Å²) in [5.41, 5.74) is 10.1. The maximum atomic E-state index is 13.0. The van der Waals surface area contributed by atoms with Crippen LogP contribution < -0.4 is 11.3 Å². The largest absolute Gasteiger partial charge is 0.383 e. The fraction of sp³-hybridized carbons (Fsp3) is 0.435. The number of pyridine rings is 1. The van der Waals surface area contributed by atoms with Crippen LogP contribution in [-0.4, -0.2) is 39.1 Å². The molecule has 5 rings (SSSR count). The number of nitrogens with two attached hydrogens (primary N) is 1. The van der Waals surface area contributed by atoms with E-state index in [2.05, 4.69) is 34.8 Å². The predicted molar refractivity (Wildman–Crippen MR) is 116 cm³/mol. The number of fused-ring (bicyclic) bond motifs is 5. The Morgan fingerprint density at radius 3 is 2.79 bits per heavy atom. The van der Waals surface area contributed by atoms with E-state index in [1.165, 1.54) is 18.4 Å². The van der Waals surface area contributed by atoms with Crippen LogP contribution >= 0.6 is 0 Å². The summed E-state index contributed by atoms with van der Waals surface area (Å²) in [4.78, 5) is 23.9. The normalized spacial score (nSPS) is 21.5. The monoisotopic (exact) mass is 389 g/mol. The van der Waals surface area contributed by atoms with Crippen molar-refractivity contribution in [3.8, 4) is 11.1 Å². The lowest BCUT2D eigenvalue weighted by molar-refractivity contribution is 0.109. The van der Waals surface area contributed by atoms with E-state index in [0.29, 0.717) is 23.6 Å². The molecule has 2 atom stereocenters. The lowest BCUT2D eigenvalue weighted by Gasteiger charge is -2.43. The van der Waals surface area contributed by atoms with Crippen molar-refractivity contribution in [3.63, 3.8) is 0 Å². The zero-order valence-corrected chi connectivity index (χ0v) is 17.0. The molecule has 4 heterocycles. The topological polar surface area (TPSA) is 77.0 Å². The highest BCUT2D eigenvalue weighted by Crippen LogP contribution is 2.37. The highest BCUT2D eigenvalue weighted by molar-refractivity contribution is 5.91. The van der Waals surface area contributed by atoms with Gasteiger partial charge >= 0.3 is 0 Å². The number of benzene rings is 1. The number of anilines is 1. The van der Waals surface area contributed by atoms with Gasteiger partial charge in [0.05, 0.1) is 5.52 Å². The highest BCUT2D eigenvalue weighted by Gasteiger charge is 2.34. The van der Waals surface area contributed by atoms with Crippen LogP contribution in [0.5, 0.6) is 0 Å². The van der Waals surface area contributed by atoms with Gasteiger partial charge in [0.15, 0.2) is 0 Å².